The number of hydrogen-bond acceptors (Lipinski definition) is 3. The molecule has 0 bridgehead atoms. The minimum absolute atomic E-state index is 0.00820. The highest BCUT2D eigenvalue weighted by molar-refractivity contribution is 5.74. The molecule has 0 atom stereocenters. The highest BCUT2D eigenvalue weighted by Gasteiger charge is 2.19. The van der Waals surface area contributed by atoms with Crippen molar-refractivity contribution >= 4 is 12.1 Å². The Morgan fingerprint density at radius 3 is 2.33 bits per heavy atom. The summed E-state index contributed by atoms with van der Waals surface area (Å²) in [5.74, 6) is 0.823. The summed E-state index contributed by atoms with van der Waals surface area (Å²) in [5, 5.41) is 2.93. The predicted octanol–water partition coefficient (Wildman–Crippen LogP) is 3.11. The molecule has 0 saturated carbocycles. The second-order valence-corrected chi connectivity index (χ2v) is 6.49. The standard InChI is InChI=1S/C22H27N3O2/c26-22(23-13-19-27-21-11-5-2-6-12-21)25-17-15-24(16-18-25)14-7-10-20-8-3-1-4-9-20/h1-12H,13-19H2,(H,23,26)/b10-7+. The molecular formula is C22H27N3O2. The Morgan fingerprint density at radius 1 is 0.963 bits per heavy atom. The maximum Gasteiger partial charge on any atom is 0.317 e. The molecule has 5 heteroatoms. The van der Waals surface area contributed by atoms with E-state index >= 15 is 0 Å². The van der Waals surface area contributed by atoms with Crippen molar-refractivity contribution in [2.75, 3.05) is 45.9 Å². The summed E-state index contributed by atoms with van der Waals surface area (Å²) in [5.41, 5.74) is 1.22. The van der Waals surface area contributed by atoms with E-state index in [2.05, 4.69) is 34.5 Å². The molecule has 0 unspecified atom stereocenters. The Morgan fingerprint density at radius 2 is 1.63 bits per heavy atom. The first kappa shape index (κ1) is 19.0. The van der Waals surface area contributed by atoms with Crippen molar-refractivity contribution in [3.63, 3.8) is 0 Å². The lowest BCUT2D eigenvalue weighted by atomic mass is 10.2. The van der Waals surface area contributed by atoms with Gasteiger partial charge in [0.25, 0.3) is 0 Å². The Hall–Kier alpha value is -2.79. The van der Waals surface area contributed by atoms with Crippen LogP contribution in [0.2, 0.25) is 0 Å². The predicted molar refractivity (Wildman–Crippen MR) is 109 cm³/mol. The number of urea groups is 1. The van der Waals surface area contributed by atoms with Gasteiger partial charge in [0, 0.05) is 32.7 Å². The number of amides is 2. The van der Waals surface area contributed by atoms with Crippen molar-refractivity contribution in [1.82, 2.24) is 15.1 Å². The molecule has 1 heterocycles. The molecule has 1 N–H and O–H groups in total. The van der Waals surface area contributed by atoms with Gasteiger partial charge in [0.2, 0.25) is 0 Å². The zero-order chi connectivity index (χ0) is 18.7. The van der Waals surface area contributed by atoms with Crippen LogP contribution in [0.25, 0.3) is 6.08 Å². The van der Waals surface area contributed by atoms with Gasteiger partial charge in [-0.05, 0) is 17.7 Å². The molecule has 1 aliphatic heterocycles. The molecule has 1 aliphatic rings. The molecule has 0 aliphatic carbocycles. The minimum atomic E-state index is -0.00820. The van der Waals surface area contributed by atoms with Gasteiger partial charge in [0.1, 0.15) is 12.4 Å². The molecule has 142 valence electrons. The Labute approximate surface area is 161 Å². The second kappa shape index (κ2) is 10.4. The number of carbonyl (C=O) groups excluding carboxylic acids is 1. The molecule has 2 aromatic rings. The summed E-state index contributed by atoms with van der Waals surface area (Å²) < 4.78 is 5.59. The number of nitrogens with zero attached hydrogens (tertiary/aromatic N) is 2. The van der Waals surface area contributed by atoms with Crippen molar-refractivity contribution in [2.24, 2.45) is 0 Å². The maximum atomic E-state index is 12.2. The summed E-state index contributed by atoms with van der Waals surface area (Å²) in [6, 6.07) is 19.9. The van der Waals surface area contributed by atoms with Crippen molar-refractivity contribution in [3.05, 3.63) is 72.3 Å². The van der Waals surface area contributed by atoms with Gasteiger partial charge in [-0.1, -0.05) is 60.7 Å². The molecule has 1 saturated heterocycles. The molecule has 3 rings (SSSR count). The first-order valence-electron chi connectivity index (χ1n) is 9.46. The third-order valence-electron chi connectivity index (χ3n) is 4.52. The first-order valence-corrected chi connectivity index (χ1v) is 9.46. The Kier molecular flexibility index (Phi) is 7.30. The minimum Gasteiger partial charge on any atom is -0.492 e. The van der Waals surface area contributed by atoms with Crippen LogP contribution >= 0.6 is 0 Å². The van der Waals surface area contributed by atoms with Crippen LogP contribution in [0, 0.1) is 0 Å². The molecular weight excluding hydrogens is 338 g/mol. The van der Waals surface area contributed by atoms with Crippen LogP contribution in [-0.2, 0) is 0 Å². The number of para-hydroxylation sites is 1. The Bertz CT molecular complexity index is 711. The fourth-order valence-corrected chi connectivity index (χ4v) is 2.99. The number of rotatable bonds is 7. The van der Waals surface area contributed by atoms with E-state index in [9.17, 15) is 4.79 Å². The number of benzene rings is 2. The maximum absolute atomic E-state index is 12.2. The van der Waals surface area contributed by atoms with Crippen LogP contribution in [0.5, 0.6) is 5.75 Å². The largest absolute Gasteiger partial charge is 0.492 e. The quantitative estimate of drug-likeness (QED) is 0.767. The lowest BCUT2D eigenvalue weighted by Crippen LogP contribution is -2.52. The first-order chi connectivity index (χ1) is 13.3. The molecule has 1 fully saturated rings. The number of nitrogens with one attached hydrogen (secondary N) is 1. The van der Waals surface area contributed by atoms with E-state index in [0.29, 0.717) is 13.2 Å². The molecule has 2 amide bonds. The zero-order valence-corrected chi connectivity index (χ0v) is 15.6. The smallest absolute Gasteiger partial charge is 0.317 e. The van der Waals surface area contributed by atoms with Gasteiger partial charge >= 0.3 is 6.03 Å². The van der Waals surface area contributed by atoms with Gasteiger partial charge in [-0.25, -0.2) is 4.79 Å². The topological polar surface area (TPSA) is 44.8 Å². The van der Waals surface area contributed by atoms with E-state index < -0.39 is 0 Å². The number of piperazine rings is 1. The lowest BCUT2D eigenvalue weighted by molar-refractivity contribution is 0.145. The molecule has 2 aromatic carbocycles. The van der Waals surface area contributed by atoms with Gasteiger partial charge in [-0.2, -0.15) is 0 Å². The Balaban J connectivity index is 1.30. The van der Waals surface area contributed by atoms with Gasteiger partial charge in [0.05, 0.1) is 6.54 Å². The van der Waals surface area contributed by atoms with E-state index in [-0.39, 0.29) is 6.03 Å². The molecule has 0 radical (unpaired) electrons. The van der Waals surface area contributed by atoms with Crippen molar-refractivity contribution in [3.8, 4) is 5.75 Å². The van der Waals surface area contributed by atoms with Crippen LogP contribution in [0.4, 0.5) is 4.79 Å². The van der Waals surface area contributed by atoms with Crippen molar-refractivity contribution < 1.29 is 9.53 Å². The van der Waals surface area contributed by atoms with E-state index in [4.69, 9.17) is 4.74 Å². The van der Waals surface area contributed by atoms with Crippen LogP contribution in [0.15, 0.2) is 66.7 Å². The second-order valence-electron chi connectivity index (χ2n) is 6.49. The third-order valence-corrected chi connectivity index (χ3v) is 4.52. The van der Waals surface area contributed by atoms with Crippen LogP contribution in [0.1, 0.15) is 5.56 Å². The SMILES string of the molecule is O=C(NCCOc1ccccc1)N1CCN(C/C=C/c2ccccc2)CC1. The fraction of sp³-hybridized carbons (Fsp3) is 0.318. The summed E-state index contributed by atoms with van der Waals surface area (Å²) >= 11 is 0. The summed E-state index contributed by atoms with van der Waals surface area (Å²) in [6.45, 7) is 5.19. The summed E-state index contributed by atoms with van der Waals surface area (Å²) in [6.07, 6.45) is 4.33. The number of carbonyl (C=O) groups is 1. The van der Waals surface area contributed by atoms with Gasteiger partial charge in [0.15, 0.2) is 0 Å². The van der Waals surface area contributed by atoms with E-state index in [1.54, 1.807) is 0 Å². The van der Waals surface area contributed by atoms with E-state index in [1.807, 2.05) is 53.4 Å². The lowest BCUT2D eigenvalue weighted by Gasteiger charge is -2.34. The summed E-state index contributed by atoms with van der Waals surface area (Å²) in [4.78, 5) is 16.5. The van der Waals surface area contributed by atoms with Gasteiger partial charge in [-0.15, -0.1) is 0 Å². The highest BCUT2D eigenvalue weighted by atomic mass is 16.5. The number of hydrogen-bond donors (Lipinski definition) is 1. The van der Waals surface area contributed by atoms with E-state index in [1.165, 1.54) is 5.56 Å². The van der Waals surface area contributed by atoms with Gasteiger partial charge in [-0.3, -0.25) is 4.90 Å². The van der Waals surface area contributed by atoms with Gasteiger partial charge < -0.3 is 15.0 Å². The number of ether oxygens (including phenoxy) is 1. The zero-order valence-electron chi connectivity index (χ0n) is 15.6. The van der Waals surface area contributed by atoms with Crippen LogP contribution in [-0.4, -0.2) is 61.7 Å². The van der Waals surface area contributed by atoms with E-state index in [0.717, 1.165) is 38.5 Å². The molecule has 0 aromatic heterocycles. The van der Waals surface area contributed by atoms with Crippen LogP contribution in [0.3, 0.4) is 0 Å². The molecule has 0 spiro atoms. The van der Waals surface area contributed by atoms with Crippen molar-refractivity contribution in [2.45, 2.75) is 0 Å². The fourth-order valence-electron chi connectivity index (χ4n) is 2.99. The normalized spacial score (nSPS) is 15.0. The molecule has 5 nitrogen and oxygen atoms in total. The highest BCUT2D eigenvalue weighted by Crippen LogP contribution is 2.08. The average molecular weight is 365 g/mol. The molecule has 27 heavy (non-hydrogen) atoms. The van der Waals surface area contributed by atoms with Crippen LogP contribution < -0.4 is 10.1 Å². The monoisotopic (exact) mass is 365 g/mol. The van der Waals surface area contributed by atoms with Crippen molar-refractivity contribution in [1.29, 1.82) is 0 Å². The summed E-state index contributed by atoms with van der Waals surface area (Å²) in [7, 11) is 0. The third kappa shape index (κ3) is 6.46. The average Bonchev–Trinajstić information content (AvgIpc) is 2.73.